The van der Waals surface area contributed by atoms with Crippen LogP contribution in [0.25, 0.3) is 0 Å². The highest BCUT2D eigenvalue weighted by atomic mass is 35.5. The topological polar surface area (TPSA) is 38.3 Å². The molecule has 3 nitrogen and oxygen atoms in total. The van der Waals surface area contributed by atoms with E-state index in [4.69, 9.17) is 16.3 Å². The molecule has 1 N–H and O–H groups in total. The van der Waals surface area contributed by atoms with Crippen molar-refractivity contribution in [3.05, 3.63) is 29.3 Å². The van der Waals surface area contributed by atoms with Crippen LogP contribution in [0, 0.1) is 5.41 Å². The minimum atomic E-state index is -0.702. The Kier molecular flexibility index (Phi) is 3.77. The van der Waals surface area contributed by atoms with Gasteiger partial charge in [-0.2, -0.15) is 0 Å². The van der Waals surface area contributed by atoms with Crippen LogP contribution < -0.4 is 5.32 Å². The van der Waals surface area contributed by atoms with Gasteiger partial charge in [-0.3, -0.25) is 0 Å². The molecule has 104 valence electrons. The SMILES string of the molecule is COC(=O)C1(Nc2ccccc2Cl)CCCC1(C)C. The number of methoxy groups -OCH3 is 1. The molecule has 0 heterocycles. The van der Waals surface area contributed by atoms with E-state index < -0.39 is 5.54 Å². The van der Waals surface area contributed by atoms with E-state index in [0.717, 1.165) is 24.9 Å². The standard InChI is InChI=1S/C15H20ClNO2/c1-14(2)9-6-10-15(14,13(18)19-3)17-12-8-5-4-7-11(12)16/h4-5,7-8,17H,6,9-10H2,1-3H3. The van der Waals surface area contributed by atoms with Crippen LogP contribution in [-0.4, -0.2) is 18.6 Å². The second-order valence-corrected chi connectivity index (χ2v) is 6.15. The monoisotopic (exact) mass is 281 g/mol. The molecule has 1 aliphatic rings. The molecular weight excluding hydrogens is 262 g/mol. The number of hydrogen-bond donors (Lipinski definition) is 1. The molecule has 0 spiro atoms. The van der Waals surface area contributed by atoms with Gasteiger partial charge in [-0.1, -0.05) is 37.6 Å². The summed E-state index contributed by atoms with van der Waals surface area (Å²) in [5.74, 6) is -0.213. The van der Waals surface area contributed by atoms with E-state index in [0.29, 0.717) is 5.02 Å². The number of anilines is 1. The summed E-state index contributed by atoms with van der Waals surface area (Å²) in [6, 6.07) is 7.48. The molecular formula is C15H20ClNO2. The summed E-state index contributed by atoms with van der Waals surface area (Å²) in [7, 11) is 1.44. The van der Waals surface area contributed by atoms with Crippen molar-refractivity contribution >= 4 is 23.3 Å². The molecule has 4 heteroatoms. The van der Waals surface area contributed by atoms with Crippen LogP contribution >= 0.6 is 11.6 Å². The lowest BCUT2D eigenvalue weighted by atomic mass is 9.74. The first-order chi connectivity index (χ1) is 8.93. The minimum Gasteiger partial charge on any atom is -0.467 e. The third kappa shape index (κ3) is 2.32. The van der Waals surface area contributed by atoms with Gasteiger partial charge in [0.2, 0.25) is 0 Å². The molecule has 1 saturated carbocycles. The van der Waals surface area contributed by atoms with Crippen LogP contribution in [-0.2, 0) is 9.53 Å². The second-order valence-electron chi connectivity index (χ2n) is 5.74. The zero-order chi connectivity index (χ0) is 14.1. The average Bonchev–Trinajstić information content (AvgIpc) is 2.67. The summed E-state index contributed by atoms with van der Waals surface area (Å²) in [6.07, 6.45) is 2.75. The zero-order valence-corrected chi connectivity index (χ0v) is 12.4. The summed E-state index contributed by atoms with van der Waals surface area (Å²) in [6.45, 7) is 4.20. The number of ether oxygens (including phenoxy) is 1. The summed E-state index contributed by atoms with van der Waals surface area (Å²) in [5.41, 5.74) is -0.0871. The van der Waals surface area contributed by atoms with Crippen molar-refractivity contribution in [2.24, 2.45) is 5.41 Å². The molecule has 0 bridgehead atoms. The van der Waals surface area contributed by atoms with Gasteiger partial charge < -0.3 is 10.1 Å². The fourth-order valence-corrected chi connectivity index (χ4v) is 3.16. The number of nitrogens with one attached hydrogen (secondary N) is 1. The molecule has 1 unspecified atom stereocenters. The third-order valence-electron chi connectivity index (χ3n) is 4.26. The molecule has 0 radical (unpaired) electrons. The maximum Gasteiger partial charge on any atom is 0.332 e. The Hall–Kier alpha value is -1.22. The summed E-state index contributed by atoms with van der Waals surface area (Å²) in [4.78, 5) is 12.3. The Morgan fingerprint density at radius 2 is 2.00 bits per heavy atom. The molecule has 1 aromatic carbocycles. The van der Waals surface area contributed by atoms with E-state index >= 15 is 0 Å². The largest absolute Gasteiger partial charge is 0.467 e. The number of para-hydroxylation sites is 1. The van der Waals surface area contributed by atoms with Crippen molar-refractivity contribution in [1.82, 2.24) is 0 Å². The summed E-state index contributed by atoms with van der Waals surface area (Å²) >= 11 is 6.19. The Bertz CT molecular complexity index is 487. The summed E-state index contributed by atoms with van der Waals surface area (Å²) < 4.78 is 5.04. The van der Waals surface area contributed by atoms with Gasteiger partial charge in [0.05, 0.1) is 17.8 Å². The lowest BCUT2D eigenvalue weighted by Gasteiger charge is -2.40. The van der Waals surface area contributed by atoms with E-state index in [1.165, 1.54) is 7.11 Å². The maximum atomic E-state index is 12.3. The molecule has 1 fully saturated rings. The van der Waals surface area contributed by atoms with E-state index in [2.05, 4.69) is 19.2 Å². The zero-order valence-electron chi connectivity index (χ0n) is 11.6. The van der Waals surface area contributed by atoms with Crippen molar-refractivity contribution in [3.8, 4) is 0 Å². The second kappa shape index (κ2) is 5.04. The number of benzene rings is 1. The van der Waals surface area contributed by atoms with Crippen molar-refractivity contribution < 1.29 is 9.53 Å². The van der Waals surface area contributed by atoms with Gasteiger partial charge in [-0.15, -0.1) is 0 Å². The molecule has 0 amide bonds. The molecule has 19 heavy (non-hydrogen) atoms. The van der Waals surface area contributed by atoms with Crippen molar-refractivity contribution in [1.29, 1.82) is 0 Å². The minimum absolute atomic E-state index is 0.167. The van der Waals surface area contributed by atoms with Gasteiger partial charge in [0.25, 0.3) is 0 Å². The van der Waals surface area contributed by atoms with Crippen LogP contribution in [0.15, 0.2) is 24.3 Å². The van der Waals surface area contributed by atoms with Crippen molar-refractivity contribution in [2.45, 2.75) is 38.6 Å². The van der Waals surface area contributed by atoms with Gasteiger partial charge in [0.1, 0.15) is 5.54 Å². The van der Waals surface area contributed by atoms with Gasteiger partial charge in [-0.05, 0) is 36.8 Å². The smallest absolute Gasteiger partial charge is 0.332 e. The van der Waals surface area contributed by atoms with Gasteiger partial charge in [0, 0.05) is 0 Å². The quantitative estimate of drug-likeness (QED) is 0.855. The molecule has 2 rings (SSSR count). The van der Waals surface area contributed by atoms with Gasteiger partial charge in [0.15, 0.2) is 0 Å². The van der Waals surface area contributed by atoms with Gasteiger partial charge in [-0.25, -0.2) is 4.79 Å². The first kappa shape index (κ1) is 14.2. The highest BCUT2D eigenvalue weighted by Gasteiger charge is 2.55. The fraction of sp³-hybridized carbons (Fsp3) is 0.533. The van der Waals surface area contributed by atoms with Gasteiger partial charge >= 0.3 is 5.97 Å². The number of rotatable bonds is 3. The highest BCUT2D eigenvalue weighted by molar-refractivity contribution is 6.33. The predicted molar refractivity (Wildman–Crippen MR) is 77.5 cm³/mol. The average molecular weight is 282 g/mol. The highest BCUT2D eigenvalue weighted by Crippen LogP contribution is 2.49. The van der Waals surface area contributed by atoms with Crippen molar-refractivity contribution in [2.75, 3.05) is 12.4 Å². The van der Waals surface area contributed by atoms with Crippen LogP contribution in [0.5, 0.6) is 0 Å². The van der Waals surface area contributed by atoms with Crippen LogP contribution in [0.3, 0.4) is 0 Å². The fourth-order valence-electron chi connectivity index (χ4n) is 2.98. The maximum absolute atomic E-state index is 12.3. The lowest BCUT2D eigenvalue weighted by molar-refractivity contribution is -0.149. The molecule has 1 atom stereocenters. The van der Waals surface area contributed by atoms with Crippen LogP contribution in [0.2, 0.25) is 5.02 Å². The predicted octanol–water partition coefficient (Wildman–Crippen LogP) is 3.87. The molecule has 0 aliphatic heterocycles. The number of halogens is 1. The van der Waals surface area contributed by atoms with E-state index in [1.807, 2.05) is 24.3 Å². The number of carbonyl (C=O) groups is 1. The first-order valence-corrected chi connectivity index (χ1v) is 6.92. The number of hydrogen-bond acceptors (Lipinski definition) is 3. The molecule has 0 saturated heterocycles. The Morgan fingerprint density at radius 3 is 2.53 bits per heavy atom. The van der Waals surface area contributed by atoms with E-state index in [9.17, 15) is 4.79 Å². The Balaban J connectivity index is 2.41. The van der Waals surface area contributed by atoms with Crippen LogP contribution in [0.4, 0.5) is 5.69 Å². The molecule has 1 aromatic rings. The van der Waals surface area contributed by atoms with Crippen molar-refractivity contribution in [3.63, 3.8) is 0 Å². The Morgan fingerprint density at radius 1 is 1.32 bits per heavy atom. The first-order valence-electron chi connectivity index (χ1n) is 6.54. The third-order valence-corrected chi connectivity index (χ3v) is 4.59. The number of carbonyl (C=O) groups excluding carboxylic acids is 1. The van der Waals surface area contributed by atoms with E-state index in [-0.39, 0.29) is 11.4 Å². The normalized spacial score (nSPS) is 25.1. The van der Waals surface area contributed by atoms with Crippen LogP contribution in [0.1, 0.15) is 33.1 Å². The van der Waals surface area contributed by atoms with E-state index in [1.54, 1.807) is 0 Å². The number of esters is 1. The molecule has 1 aliphatic carbocycles. The summed E-state index contributed by atoms with van der Waals surface area (Å²) in [5, 5.41) is 3.98. The lowest BCUT2D eigenvalue weighted by Crippen LogP contribution is -2.54. The molecule has 0 aromatic heterocycles. The Labute approximate surface area is 119 Å².